The molecule has 2 aromatic rings. The highest BCUT2D eigenvalue weighted by atomic mass is 35.5. The van der Waals surface area contributed by atoms with Gasteiger partial charge in [-0.25, -0.2) is 0 Å². The SMILES string of the molecule is Clc1cc(-c2noc(CO[C@@H]3CCNC3)n2)cc2c1OCCO2. The van der Waals surface area contributed by atoms with Crippen LogP contribution in [-0.2, 0) is 11.3 Å². The van der Waals surface area contributed by atoms with Crippen molar-refractivity contribution in [3.63, 3.8) is 0 Å². The van der Waals surface area contributed by atoms with Gasteiger partial charge in [-0.3, -0.25) is 0 Å². The Balaban J connectivity index is 1.50. The maximum atomic E-state index is 6.23. The van der Waals surface area contributed by atoms with Crippen LogP contribution in [0, 0.1) is 0 Å². The van der Waals surface area contributed by atoms with Crippen LogP contribution in [-0.4, -0.2) is 42.5 Å². The molecule has 23 heavy (non-hydrogen) atoms. The van der Waals surface area contributed by atoms with Gasteiger partial charge in [0.05, 0.1) is 11.1 Å². The molecule has 0 radical (unpaired) electrons. The van der Waals surface area contributed by atoms with Crippen molar-refractivity contribution in [2.45, 2.75) is 19.1 Å². The molecule has 1 fully saturated rings. The second-order valence-electron chi connectivity index (χ2n) is 5.42. The first-order valence-corrected chi connectivity index (χ1v) is 7.92. The molecule has 4 rings (SSSR count). The standard InChI is InChI=1S/C15H16ClN3O4/c16-11-5-9(6-12-14(11)21-4-3-20-12)15-18-13(23-19-15)8-22-10-1-2-17-7-10/h5-6,10,17H,1-4,7-8H2/t10-/m1/s1. The Hall–Kier alpha value is -1.83. The Morgan fingerprint density at radius 2 is 2.22 bits per heavy atom. The number of benzene rings is 1. The van der Waals surface area contributed by atoms with E-state index in [4.69, 9.17) is 30.3 Å². The van der Waals surface area contributed by atoms with Crippen LogP contribution in [0.3, 0.4) is 0 Å². The third-order valence-corrected chi connectivity index (χ3v) is 4.06. The van der Waals surface area contributed by atoms with Crippen LogP contribution in [0.1, 0.15) is 12.3 Å². The Kier molecular flexibility index (Phi) is 4.07. The summed E-state index contributed by atoms with van der Waals surface area (Å²) in [5.74, 6) is 2.05. The van der Waals surface area contributed by atoms with Crippen LogP contribution in [0.25, 0.3) is 11.4 Å². The van der Waals surface area contributed by atoms with E-state index in [2.05, 4.69) is 15.5 Å². The van der Waals surface area contributed by atoms with E-state index in [9.17, 15) is 0 Å². The van der Waals surface area contributed by atoms with Gasteiger partial charge in [0, 0.05) is 12.1 Å². The predicted molar refractivity (Wildman–Crippen MR) is 81.8 cm³/mol. The molecule has 122 valence electrons. The molecule has 0 amide bonds. The average Bonchev–Trinajstić information content (AvgIpc) is 3.24. The van der Waals surface area contributed by atoms with Crippen molar-refractivity contribution in [2.24, 2.45) is 0 Å². The topological polar surface area (TPSA) is 78.6 Å². The van der Waals surface area contributed by atoms with Crippen molar-refractivity contribution in [2.75, 3.05) is 26.3 Å². The number of halogens is 1. The number of hydrogen-bond acceptors (Lipinski definition) is 7. The van der Waals surface area contributed by atoms with Crippen molar-refractivity contribution >= 4 is 11.6 Å². The number of nitrogens with zero attached hydrogens (tertiary/aromatic N) is 2. The van der Waals surface area contributed by atoms with E-state index in [-0.39, 0.29) is 6.10 Å². The van der Waals surface area contributed by atoms with Gasteiger partial charge in [-0.2, -0.15) is 4.98 Å². The molecule has 1 saturated heterocycles. The number of ether oxygens (including phenoxy) is 3. The van der Waals surface area contributed by atoms with Crippen molar-refractivity contribution in [1.29, 1.82) is 0 Å². The zero-order valence-corrected chi connectivity index (χ0v) is 13.1. The fraction of sp³-hybridized carbons (Fsp3) is 0.467. The zero-order chi connectivity index (χ0) is 15.6. The Morgan fingerprint density at radius 3 is 3.09 bits per heavy atom. The number of hydrogen-bond donors (Lipinski definition) is 1. The van der Waals surface area contributed by atoms with Crippen LogP contribution in [0.5, 0.6) is 11.5 Å². The minimum atomic E-state index is 0.203. The fourth-order valence-electron chi connectivity index (χ4n) is 2.63. The Labute approximate surface area is 137 Å². The van der Waals surface area contributed by atoms with E-state index in [1.54, 1.807) is 12.1 Å². The summed E-state index contributed by atoms with van der Waals surface area (Å²) in [6.45, 7) is 3.13. The van der Waals surface area contributed by atoms with Gasteiger partial charge in [0.2, 0.25) is 5.82 Å². The van der Waals surface area contributed by atoms with E-state index < -0.39 is 0 Å². The molecule has 7 nitrogen and oxygen atoms in total. The fourth-order valence-corrected chi connectivity index (χ4v) is 2.90. The molecule has 0 aliphatic carbocycles. The Bertz CT molecular complexity index is 700. The third kappa shape index (κ3) is 3.12. The normalized spacial score (nSPS) is 20.0. The van der Waals surface area contributed by atoms with Crippen molar-refractivity contribution in [3.05, 3.63) is 23.0 Å². The summed E-state index contributed by atoms with van der Waals surface area (Å²) in [4.78, 5) is 4.35. The maximum absolute atomic E-state index is 6.23. The van der Waals surface area contributed by atoms with Gasteiger partial charge in [0.25, 0.3) is 5.89 Å². The number of aromatic nitrogens is 2. The molecule has 0 bridgehead atoms. The third-order valence-electron chi connectivity index (χ3n) is 3.78. The van der Waals surface area contributed by atoms with E-state index in [1.807, 2.05) is 0 Å². The van der Waals surface area contributed by atoms with Gasteiger partial charge in [-0.15, -0.1) is 0 Å². The van der Waals surface area contributed by atoms with Crippen LogP contribution >= 0.6 is 11.6 Å². The lowest BCUT2D eigenvalue weighted by Gasteiger charge is -2.19. The first-order valence-electron chi connectivity index (χ1n) is 7.54. The highest BCUT2D eigenvalue weighted by molar-refractivity contribution is 6.32. The minimum absolute atomic E-state index is 0.203. The molecule has 1 aromatic heterocycles. The van der Waals surface area contributed by atoms with Crippen molar-refractivity contribution < 1.29 is 18.7 Å². The molecule has 0 unspecified atom stereocenters. The van der Waals surface area contributed by atoms with E-state index in [1.165, 1.54) is 0 Å². The summed E-state index contributed by atoms with van der Waals surface area (Å²) in [5.41, 5.74) is 0.719. The molecule has 1 aromatic carbocycles. The average molecular weight is 338 g/mol. The quantitative estimate of drug-likeness (QED) is 0.914. The zero-order valence-electron chi connectivity index (χ0n) is 12.4. The Morgan fingerprint density at radius 1 is 1.30 bits per heavy atom. The molecule has 2 aliphatic heterocycles. The largest absolute Gasteiger partial charge is 0.486 e. The molecule has 3 heterocycles. The lowest BCUT2D eigenvalue weighted by Crippen LogP contribution is -2.16. The summed E-state index contributed by atoms with van der Waals surface area (Å²) in [6.07, 6.45) is 1.20. The highest BCUT2D eigenvalue weighted by Crippen LogP contribution is 2.40. The number of fused-ring (bicyclic) bond motifs is 1. The molecular weight excluding hydrogens is 322 g/mol. The molecule has 0 spiro atoms. The summed E-state index contributed by atoms with van der Waals surface area (Å²) >= 11 is 6.23. The van der Waals surface area contributed by atoms with Gasteiger partial charge < -0.3 is 24.1 Å². The number of nitrogens with one attached hydrogen (secondary N) is 1. The lowest BCUT2D eigenvalue weighted by molar-refractivity contribution is 0.0383. The van der Waals surface area contributed by atoms with Crippen LogP contribution in [0.15, 0.2) is 16.7 Å². The van der Waals surface area contributed by atoms with E-state index >= 15 is 0 Å². The van der Waals surface area contributed by atoms with Gasteiger partial charge in [0.1, 0.15) is 19.8 Å². The molecule has 1 atom stereocenters. The second-order valence-corrected chi connectivity index (χ2v) is 5.83. The predicted octanol–water partition coefficient (Wildman–Crippen LogP) is 2.04. The smallest absolute Gasteiger partial charge is 0.252 e. The van der Waals surface area contributed by atoms with Crippen LogP contribution < -0.4 is 14.8 Å². The summed E-state index contributed by atoms with van der Waals surface area (Å²) in [5, 5.41) is 7.70. The first-order chi connectivity index (χ1) is 11.3. The lowest BCUT2D eigenvalue weighted by atomic mass is 10.2. The molecular formula is C15H16ClN3O4. The number of rotatable bonds is 4. The van der Waals surface area contributed by atoms with Crippen molar-refractivity contribution in [3.8, 4) is 22.9 Å². The van der Waals surface area contributed by atoms with Gasteiger partial charge in [0.15, 0.2) is 11.5 Å². The summed E-state index contributed by atoms with van der Waals surface area (Å²) < 4.78 is 22.0. The van der Waals surface area contributed by atoms with Gasteiger partial charge >= 0.3 is 0 Å². The second kappa shape index (κ2) is 6.35. The first kappa shape index (κ1) is 14.7. The summed E-state index contributed by atoms with van der Waals surface area (Å²) in [6, 6.07) is 3.54. The highest BCUT2D eigenvalue weighted by Gasteiger charge is 2.20. The maximum Gasteiger partial charge on any atom is 0.252 e. The van der Waals surface area contributed by atoms with Gasteiger partial charge in [-0.1, -0.05) is 16.8 Å². The van der Waals surface area contributed by atoms with E-state index in [0.717, 1.165) is 25.1 Å². The molecule has 8 heteroatoms. The van der Waals surface area contributed by atoms with Gasteiger partial charge in [-0.05, 0) is 25.1 Å². The van der Waals surface area contributed by atoms with E-state index in [0.29, 0.717) is 48.1 Å². The monoisotopic (exact) mass is 337 g/mol. The molecule has 2 aliphatic rings. The molecule has 1 N–H and O–H groups in total. The van der Waals surface area contributed by atoms with Crippen LogP contribution in [0.4, 0.5) is 0 Å². The minimum Gasteiger partial charge on any atom is -0.486 e. The van der Waals surface area contributed by atoms with Crippen molar-refractivity contribution in [1.82, 2.24) is 15.5 Å². The molecule has 0 saturated carbocycles. The summed E-state index contributed by atoms with van der Waals surface area (Å²) in [7, 11) is 0. The van der Waals surface area contributed by atoms with Crippen LogP contribution in [0.2, 0.25) is 5.02 Å².